The summed E-state index contributed by atoms with van der Waals surface area (Å²) in [6.07, 6.45) is 8.58. The minimum absolute atomic E-state index is 0.196. The fraction of sp³-hybridized carbons (Fsp3) is 0.615. The van der Waals surface area contributed by atoms with Crippen molar-refractivity contribution in [3.05, 3.63) is 29.6 Å². The van der Waals surface area contributed by atoms with Gasteiger partial charge in [-0.05, 0) is 49.8 Å². The lowest BCUT2D eigenvalue weighted by atomic mass is 9.97. The van der Waals surface area contributed by atoms with Crippen molar-refractivity contribution in [1.82, 2.24) is 10.4 Å². The van der Waals surface area contributed by atoms with Gasteiger partial charge in [-0.1, -0.05) is 0 Å². The number of aromatic nitrogens is 1. The Balaban J connectivity index is 1.94. The molecule has 17 heavy (non-hydrogen) atoms. The molecule has 1 aliphatic rings. The average molecular weight is 235 g/mol. The van der Waals surface area contributed by atoms with Crippen LogP contribution in [0.4, 0.5) is 0 Å². The van der Waals surface area contributed by atoms with Crippen molar-refractivity contribution in [3.8, 4) is 0 Å². The van der Waals surface area contributed by atoms with Gasteiger partial charge in [0.05, 0.1) is 6.10 Å². The number of hydrogen-bond donors (Lipinski definition) is 2. The number of nitrogens with zero attached hydrogens (tertiary/aromatic N) is 1. The molecule has 0 spiro atoms. The zero-order valence-corrected chi connectivity index (χ0v) is 10.4. The standard InChI is InChI=1S/C13H21N3O/c1-10-9-15-7-6-12(10)13(16-14)5-4-11-3-2-8-17-11/h6-7,9,11,13,16H,2-5,8,14H2,1H3. The van der Waals surface area contributed by atoms with Gasteiger partial charge in [-0.25, -0.2) is 0 Å². The predicted molar refractivity (Wildman–Crippen MR) is 67.2 cm³/mol. The predicted octanol–water partition coefficient (Wildman–Crippen LogP) is 1.85. The van der Waals surface area contributed by atoms with Gasteiger partial charge in [0.2, 0.25) is 0 Å². The zero-order valence-electron chi connectivity index (χ0n) is 10.4. The number of hydrazine groups is 1. The monoisotopic (exact) mass is 235 g/mol. The molecule has 3 N–H and O–H groups in total. The normalized spacial score (nSPS) is 21.6. The average Bonchev–Trinajstić information content (AvgIpc) is 2.85. The van der Waals surface area contributed by atoms with Gasteiger partial charge in [-0.15, -0.1) is 0 Å². The molecule has 94 valence electrons. The molecular weight excluding hydrogens is 214 g/mol. The maximum absolute atomic E-state index is 5.65. The highest BCUT2D eigenvalue weighted by Gasteiger charge is 2.19. The third kappa shape index (κ3) is 3.25. The SMILES string of the molecule is Cc1cnccc1C(CCC1CCCO1)NN. The first kappa shape index (κ1) is 12.5. The van der Waals surface area contributed by atoms with Crippen LogP contribution >= 0.6 is 0 Å². The smallest absolute Gasteiger partial charge is 0.0576 e. The minimum atomic E-state index is 0.196. The maximum Gasteiger partial charge on any atom is 0.0576 e. The molecule has 1 aromatic heterocycles. The zero-order chi connectivity index (χ0) is 12.1. The van der Waals surface area contributed by atoms with Crippen LogP contribution in [0.25, 0.3) is 0 Å². The Labute approximate surface area is 103 Å². The molecule has 2 atom stereocenters. The highest BCUT2D eigenvalue weighted by atomic mass is 16.5. The van der Waals surface area contributed by atoms with Crippen molar-refractivity contribution < 1.29 is 4.74 Å². The second kappa shape index (κ2) is 6.10. The Kier molecular flexibility index (Phi) is 4.48. The molecule has 0 amide bonds. The van der Waals surface area contributed by atoms with Crippen molar-refractivity contribution in [1.29, 1.82) is 0 Å². The second-order valence-electron chi connectivity index (χ2n) is 4.66. The molecule has 2 unspecified atom stereocenters. The Bertz CT molecular complexity index is 350. The number of rotatable bonds is 5. The molecule has 2 heterocycles. The molecule has 2 rings (SSSR count). The first-order chi connectivity index (χ1) is 8.31. The lowest BCUT2D eigenvalue weighted by Gasteiger charge is -2.19. The van der Waals surface area contributed by atoms with Crippen LogP contribution in [0, 0.1) is 6.92 Å². The molecule has 0 radical (unpaired) electrons. The van der Waals surface area contributed by atoms with Crippen LogP contribution in [0.15, 0.2) is 18.5 Å². The quantitative estimate of drug-likeness (QED) is 0.604. The van der Waals surface area contributed by atoms with Crippen LogP contribution in [0.5, 0.6) is 0 Å². The fourth-order valence-corrected chi connectivity index (χ4v) is 2.43. The number of nitrogens with one attached hydrogen (secondary N) is 1. The van der Waals surface area contributed by atoms with Crippen molar-refractivity contribution in [3.63, 3.8) is 0 Å². The van der Waals surface area contributed by atoms with E-state index in [1.54, 1.807) is 0 Å². The highest BCUT2D eigenvalue weighted by Crippen LogP contribution is 2.24. The Morgan fingerprint density at radius 1 is 1.65 bits per heavy atom. The molecule has 1 aliphatic heterocycles. The van der Waals surface area contributed by atoms with Crippen molar-refractivity contribution >= 4 is 0 Å². The second-order valence-corrected chi connectivity index (χ2v) is 4.66. The molecule has 1 fully saturated rings. The van der Waals surface area contributed by atoms with Gasteiger partial charge < -0.3 is 4.74 Å². The summed E-state index contributed by atoms with van der Waals surface area (Å²) >= 11 is 0. The third-order valence-electron chi connectivity index (χ3n) is 3.44. The van der Waals surface area contributed by atoms with E-state index in [0.717, 1.165) is 19.4 Å². The molecule has 0 aliphatic carbocycles. The summed E-state index contributed by atoms with van der Waals surface area (Å²) in [6.45, 7) is 2.98. The summed E-state index contributed by atoms with van der Waals surface area (Å²) in [5.41, 5.74) is 5.32. The van der Waals surface area contributed by atoms with E-state index in [-0.39, 0.29) is 6.04 Å². The van der Waals surface area contributed by atoms with E-state index in [1.807, 2.05) is 18.5 Å². The first-order valence-corrected chi connectivity index (χ1v) is 6.29. The van der Waals surface area contributed by atoms with Crippen LogP contribution in [0.3, 0.4) is 0 Å². The lowest BCUT2D eigenvalue weighted by Crippen LogP contribution is -2.29. The molecular formula is C13H21N3O. The Morgan fingerprint density at radius 2 is 2.53 bits per heavy atom. The number of hydrogen-bond acceptors (Lipinski definition) is 4. The number of ether oxygens (including phenoxy) is 1. The largest absolute Gasteiger partial charge is 0.378 e. The van der Waals surface area contributed by atoms with E-state index in [9.17, 15) is 0 Å². The van der Waals surface area contributed by atoms with E-state index in [0.29, 0.717) is 6.10 Å². The fourth-order valence-electron chi connectivity index (χ4n) is 2.43. The van der Waals surface area contributed by atoms with E-state index in [2.05, 4.69) is 17.3 Å². The molecule has 4 heteroatoms. The molecule has 1 aromatic rings. The van der Waals surface area contributed by atoms with Crippen LogP contribution in [0.2, 0.25) is 0 Å². The molecule has 4 nitrogen and oxygen atoms in total. The van der Waals surface area contributed by atoms with Crippen molar-refractivity contribution in [2.75, 3.05) is 6.61 Å². The van der Waals surface area contributed by atoms with Gasteiger partial charge >= 0.3 is 0 Å². The van der Waals surface area contributed by atoms with Crippen molar-refractivity contribution in [2.45, 2.75) is 44.8 Å². The number of aryl methyl sites for hydroxylation is 1. The van der Waals surface area contributed by atoms with Gasteiger partial charge in [-0.3, -0.25) is 16.3 Å². The summed E-state index contributed by atoms with van der Waals surface area (Å²) in [5, 5.41) is 0. The topological polar surface area (TPSA) is 60.2 Å². The number of nitrogens with two attached hydrogens (primary N) is 1. The first-order valence-electron chi connectivity index (χ1n) is 6.29. The van der Waals surface area contributed by atoms with Crippen LogP contribution in [0.1, 0.15) is 42.9 Å². The van der Waals surface area contributed by atoms with Gasteiger partial charge in [0.15, 0.2) is 0 Å². The maximum atomic E-state index is 5.65. The summed E-state index contributed by atoms with van der Waals surface area (Å²) in [7, 11) is 0. The lowest BCUT2D eigenvalue weighted by molar-refractivity contribution is 0.0996. The molecule has 1 saturated heterocycles. The molecule has 0 aromatic carbocycles. The summed E-state index contributed by atoms with van der Waals surface area (Å²) in [5.74, 6) is 5.65. The third-order valence-corrected chi connectivity index (χ3v) is 3.44. The Morgan fingerprint density at radius 3 is 3.18 bits per heavy atom. The van der Waals surface area contributed by atoms with E-state index < -0.39 is 0 Å². The number of pyridine rings is 1. The summed E-state index contributed by atoms with van der Waals surface area (Å²) < 4.78 is 5.63. The van der Waals surface area contributed by atoms with Crippen LogP contribution in [-0.4, -0.2) is 17.7 Å². The van der Waals surface area contributed by atoms with Crippen LogP contribution in [-0.2, 0) is 4.74 Å². The van der Waals surface area contributed by atoms with Crippen molar-refractivity contribution in [2.24, 2.45) is 5.84 Å². The molecule has 0 bridgehead atoms. The summed E-state index contributed by atoms with van der Waals surface area (Å²) in [4.78, 5) is 4.11. The highest BCUT2D eigenvalue weighted by molar-refractivity contribution is 5.25. The molecule has 0 saturated carbocycles. The van der Waals surface area contributed by atoms with Gasteiger partial charge in [0.25, 0.3) is 0 Å². The van der Waals surface area contributed by atoms with Gasteiger partial charge in [0.1, 0.15) is 0 Å². The Hall–Kier alpha value is -0.970. The van der Waals surface area contributed by atoms with Gasteiger partial charge in [-0.2, -0.15) is 0 Å². The van der Waals surface area contributed by atoms with E-state index >= 15 is 0 Å². The van der Waals surface area contributed by atoms with Gasteiger partial charge in [0, 0.05) is 25.0 Å². The van der Waals surface area contributed by atoms with Crippen LogP contribution < -0.4 is 11.3 Å². The minimum Gasteiger partial charge on any atom is -0.378 e. The summed E-state index contributed by atoms with van der Waals surface area (Å²) in [6, 6.07) is 2.23. The van der Waals surface area contributed by atoms with E-state index in [1.165, 1.54) is 24.0 Å². The van der Waals surface area contributed by atoms with E-state index in [4.69, 9.17) is 10.6 Å².